The molecule has 0 N–H and O–H groups in total. The van der Waals surface area contributed by atoms with E-state index in [4.69, 9.17) is 11.6 Å². The molecule has 0 aromatic heterocycles. The highest BCUT2D eigenvalue weighted by molar-refractivity contribution is 14.1. The van der Waals surface area contributed by atoms with Crippen molar-refractivity contribution in [2.45, 2.75) is 9.64 Å². The number of rotatable bonds is 2. The van der Waals surface area contributed by atoms with E-state index in [1.54, 1.807) is 29.5 Å². The Morgan fingerprint density at radius 3 is 2.12 bits per heavy atom. The fourth-order valence-corrected chi connectivity index (χ4v) is 1.83. The zero-order valence-corrected chi connectivity index (χ0v) is 8.00. The van der Waals surface area contributed by atoms with Gasteiger partial charge in [0.15, 0.2) is 12.6 Å². The first-order valence-electron chi connectivity index (χ1n) is 2.00. The number of halogens is 2. The molecule has 0 saturated heterocycles. The summed E-state index contributed by atoms with van der Waals surface area (Å²) in [4.78, 5) is 0. The second-order valence-corrected chi connectivity index (χ2v) is 7.11. The molecule has 0 aromatic rings. The molecule has 50 valence electrons. The lowest BCUT2D eigenvalue weighted by Gasteiger charge is -1.97. The zero-order chi connectivity index (χ0) is 6.78. The van der Waals surface area contributed by atoms with Crippen molar-refractivity contribution in [1.29, 1.82) is 0 Å². The Morgan fingerprint density at radius 2 is 2.12 bits per heavy atom. The third kappa shape index (κ3) is 2.50. The molecule has 0 rings (SSSR count). The van der Waals surface area contributed by atoms with Crippen LogP contribution in [0.25, 0.3) is 0 Å². The van der Waals surface area contributed by atoms with Crippen LogP contribution < -0.4 is 0 Å². The van der Waals surface area contributed by atoms with Gasteiger partial charge in [-0.25, -0.2) is 8.42 Å². The highest BCUT2D eigenvalue weighted by Crippen LogP contribution is 2.14. The normalized spacial score (nSPS) is 15.9. The number of sulfone groups is 1. The molecule has 0 aromatic carbocycles. The fourth-order valence-electron chi connectivity index (χ4n) is 0.126. The van der Waals surface area contributed by atoms with Gasteiger partial charge in [-0.05, 0) is 22.6 Å². The van der Waals surface area contributed by atoms with E-state index < -0.39 is 12.6 Å². The van der Waals surface area contributed by atoms with Crippen LogP contribution in [0.4, 0.5) is 0 Å². The summed E-state index contributed by atoms with van der Waals surface area (Å²) in [5.74, 6) is 0.115. The topological polar surface area (TPSA) is 34.1 Å². The zero-order valence-electron chi connectivity index (χ0n) is 4.27. The first-order chi connectivity index (χ1) is 3.50. The summed E-state index contributed by atoms with van der Waals surface area (Å²) in [6, 6.07) is 0. The average Bonchev–Trinajstić information content (AvgIpc) is 1.67. The Bertz CT molecular complexity index is 151. The van der Waals surface area contributed by atoms with E-state index in [0.717, 1.165) is 0 Å². The maximum absolute atomic E-state index is 10.6. The lowest BCUT2D eigenvalue weighted by Crippen LogP contribution is -2.10. The van der Waals surface area contributed by atoms with E-state index in [9.17, 15) is 8.42 Å². The van der Waals surface area contributed by atoms with E-state index in [-0.39, 0.29) is 5.75 Å². The van der Waals surface area contributed by atoms with E-state index in [1.807, 2.05) is 0 Å². The Balaban J connectivity index is 4.17. The van der Waals surface area contributed by atoms with Crippen LogP contribution in [0.1, 0.15) is 6.92 Å². The van der Waals surface area contributed by atoms with Gasteiger partial charge < -0.3 is 0 Å². The van der Waals surface area contributed by atoms with Crippen LogP contribution in [0.5, 0.6) is 0 Å². The van der Waals surface area contributed by atoms with Crippen LogP contribution in [-0.2, 0) is 9.84 Å². The van der Waals surface area contributed by atoms with Gasteiger partial charge in [0.2, 0.25) is 0 Å². The summed E-state index contributed by atoms with van der Waals surface area (Å²) in [6.45, 7) is 1.57. The molecule has 0 heterocycles. The summed E-state index contributed by atoms with van der Waals surface area (Å²) in [7, 11) is -2.98. The van der Waals surface area contributed by atoms with Gasteiger partial charge >= 0.3 is 0 Å². The summed E-state index contributed by atoms with van der Waals surface area (Å²) in [6.07, 6.45) is 0. The molecule has 0 fully saturated rings. The maximum Gasteiger partial charge on any atom is 0.185 e. The van der Waals surface area contributed by atoms with Gasteiger partial charge in [0, 0.05) is 5.75 Å². The van der Waals surface area contributed by atoms with Gasteiger partial charge in [-0.3, -0.25) is 0 Å². The molecule has 0 saturated carbocycles. The van der Waals surface area contributed by atoms with E-state index in [1.165, 1.54) is 0 Å². The fraction of sp³-hybridized carbons (Fsp3) is 1.00. The molecule has 8 heavy (non-hydrogen) atoms. The number of hydrogen-bond donors (Lipinski definition) is 0. The highest BCUT2D eigenvalue weighted by Gasteiger charge is 2.15. The average molecular weight is 269 g/mol. The van der Waals surface area contributed by atoms with Crippen LogP contribution >= 0.6 is 34.2 Å². The van der Waals surface area contributed by atoms with E-state index in [0.29, 0.717) is 0 Å². The second kappa shape index (κ2) is 3.22. The van der Waals surface area contributed by atoms with Crippen LogP contribution in [0.15, 0.2) is 0 Å². The molecule has 0 spiro atoms. The summed E-state index contributed by atoms with van der Waals surface area (Å²) >= 11 is 6.93. The molecule has 0 unspecified atom stereocenters. The third-order valence-electron chi connectivity index (χ3n) is 0.674. The van der Waals surface area contributed by atoms with Crippen LogP contribution in [0.3, 0.4) is 0 Å². The predicted octanol–water partition coefficient (Wildman–Crippen LogP) is 1.38. The van der Waals surface area contributed by atoms with E-state index in [2.05, 4.69) is 0 Å². The number of alkyl halides is 2. The van der Waals surface area contributed by atoms with Crippen molar-refractivity contribution in [3.63, 3.8) is 0 Å². The predicted molar refractivity (Wildman–Crippen MR) is 43.1 cm³/mol. The molecule has 0 aliphatic carbocycles. The van der Waals surface area contributed by atoms with Crippen molar-refractivity contribution in [1.82, 2.24) is 0 Å². The first kappa shape index (κ1) is 8.97. The smallest absolute Gasteiger partial charge is 0.185 e. The summed E-state index contributed by atoms with van der Waals surface area (Å²) in [5, 5.41) is 0. The van der Waals surface area contributed by atoms with Crippen molar-refractivity contribution >= 4 is 44.0 Å². The van der Waals surface area contributed by atoms with Gasteiger partial charge in [-0.1, -0.05) is 18.5 Å². The Labute approximate surface area is 67.7 Å². The first-order valence-corrected chi connectivity index (χ1v) is 5.40. The Morgan fingerprint density at radius 1 is 1.75 bits per heavy atom. The lowest BCUT2D eigenvalue weighted by molar-refractivity contribution is 0.601. The monoisotopic (exact) mass is 268 g/mol. The highest BCUT2D eigenvalue weighted by atomic mass is 127. The summed E-state index contributed by atoms with van der Waals surface area (Å²) in [5.41, 5.74) is 0. The van der Waals surface area contributed by atoms with Crippen molar-refractivity contribution in [3.8, 4) is 0 Å². The molecule has 0 radical (unpaired) electrons. The second-order valence-electron chi connectivity index (χ2n) is 1.21. The Hall–Kier alpha value is 0.970. The van der Waals surface area contributed by atoms with Crippen LogP contribution in [-0.4, -0.2) is 16.9 Å². The molecule has 0 aliphatic rings. The molecular formula is C3H6ClIO2S. The van der Waals surface area contributed by atoms with Gasteiger partial charge in [-0.15, -0.1) is 0 Å². The van der Waals surface area contributed by atoms with Crippen LogP contribution in [0, 0.1) is 0 Å². The quantitative estimate of drug-likeness (QED) is 0.560. The van der Waals surface area contributed by atoms with Gasteiger partial charge in [-0.2, -0.15) is 0 Å². The molecule has 0 bridgehead atoms. The van der Waals surface area contributed by atoms with Crippen molar-refractivity contribution in [2.75, 3.05) is 5.75 Å². The Kier molecular flexibility index (Phi) is 3.61. The lowest BCUT2D eigenvalue weighted by atomic mass is 11.0. The number of hydrogen-bond acceptors (Lipinski definition) is 2. The molecule has 5 heteroatoms. The third-order valence-corrected chi connectivity index (χ3v) is 5.16. The largest absolute Gasteiger partial charge is 0.226 e. The van der Waals surface area contributed by atoms with Gasteiger partial charge in [0.1, 0.15) is 0 Å². The van der Waals surface area contributed by atoms with Crippen molar-refractivity contribution in [2.24, 2.45) is 0 Å². The molecule has 0 aliphatic heterocycles. The van der Waals surface area contributed by atoms with E-state index >= 15 is 0 Å². The molecular weight excluding hydrogens is 262 g/mol. The molecule has 2 nitrogen and oxygen atoms in total. The maximum atomic E-state index is 10.6. The minimum Gasteiger partial charge on any atom is -0.226 e. The van der Waals surface area contributed by atoms with Gasteiger partial charge in [0.25, 0.3) is 0 Å². The van der Waals surface area contributed by atoms with Crippen LogP contribution in [0.2, 0.25) is 0 Å². The summed E-state index contributed by atoms with van der Waals surface area (Å²) < 4.78 is 20.3. The standard InChI is InChI=1S/C3H6ClIO2S/c1-2-8(6,7)3(4)5/h3H,2H2,1H3/t3-/m0/s1. The van der Waals surface area contributed by atoms with Crippen molar-refractivity contribution in [3.05, 3.63) is 0 Å². The SMILES string of the molecule is CCS(=O)(=O)[C@@H](Cl)I. The van der Waals surface area contributed by atoms with Gasteiger partial charge in [0.05, 0.1) is 0 Å². The minimum absolute atomic E-state index is 0.115. The van der Waals surface area contributed by atoms with Crippen molar-refractivity contribution < 1.29 is 8.42 Å². The molecule has 0 amide bonds. The minimum atomic E-state index is -2.98. The molecule has 1 atom stereocenters.